The first-order chi connectivity index (χ1) is 8.31. The first kappa shape index (κ1) is 12.2. The van der Waals surface area contributed by atoms with E-state index in [1.165, 1.54) is 0 Å². The van der Waals surface area contributed by atoms with Crippen LogP contribution in [0.15, 0.2) is 48.7 Å². The average molecular weight is 267 g/mol. The standard InChI is InChI=1S/C13H12Cl2N2/c14-9-12(10-5-2-1-3-6-10)17-13-11(15)7-4-8-16-13/h1-8,12H,9H2,(H,16,17). The van der Waals surface area contributed by atoms with Crippen molar-refractivity contribution in [2.75, 3.05) is 11.2 Å². The second-order valence-electron chi connectivity index (χ2n) is 3.60. The van der Waals surface area contributed by atoms with Crippen LogP contribution in [-0.4, -0.2) is 10.9 Å². The third-order valence-electron chi connectivity index (χ3n) is 2.43. The van der Waals surface area contributed by atoms with E-state index >= 15 is 0 Å². The Kier molecular flexibility index (Phi) is 4.24. The molecule has 2 aromatic rings. The van der Waals surface area contributed by atoms with Crippen molar-refractivity contribution in [1.29, 1.82) is 0 Å². The van der Waals surface area contributed by atoms with Gasteiger partial charge >= 0.3 is 0 Å². The van der Waals surface area contributed by atoms with Crippen LogP contribution in [0.4, 0.5) is 5.82 Å². The molecule has 1 aromatic carbocycles. The largest absolute Gasteiger partial charge is 0.361 e. The Hall–Kier alpha value is -1.25. The Morgan fingerprint density at radius 1 is 1.12 bits per heavy atom. The second kappa shape index (κ2) is 5.89. The number of hydrogen-bond donors (Lipinski definition) is 1. The molecule has 0 bridgehead atoms. The van der Waals surface area contributed by atoms with E-state index < -0.39 is 0 Å². The van der Waals surface area contributed by atoms with E-state index in [0.29, 0.717) is 16.7 Å². The van der Waals surface area contributed by atoms with Crippen molar-refractivity contribution in [3.8, 4) is 0 Å². The topological polar surface area (TPSA) is 24.9 Å². The number of rotatable bonds is 4. The van der Waals surface area contributed by atoms with Gasteiger partial charge in [-0.1, -0.05) is 41.9 Å². The molecule has 0 amide bonds. The van der Waals surface area contributed by atoms with Crippen molar-refractivity contribution in [3.63, 3.8) is 0 Å². The van der Waals surface area contributed by atoms with Crippen molar-refractivity contribution >= 4 is 29.0 Å². The maximum Gasteiger partial charge on any atom is 0.145 e. The summed E-state index contributed by atoms with van der Waals surface area (Å²) < 4.78 is 0. The van der Waals surface area contributed by atoms with Gasteiger partial charge in [0.1, 0.15) is 5.82 Å². The fourth-order valence-electron chi connectivity index (χ4n) is 1.55. The third-order valence-corrected chi connectivity index (χ3v) is 3.04. The molecule has 4 heteroatoms. The molecule has 0 aliphatic rings. The van der Waals surface area contributed by atoms with Gasteiger partial charge in [-0.2, -0.15) is 0 Å². The highest BCUT2D eigenvalue weighted by Gasteiger charge is 2.11. The number of halogens is 2. The van der Waals surface area contributed by atoms with Crippen molar-refractivity contribution in [1.82, 2.24) is 4.98 Å². The highest BCUT2D eigenvalue weighted by atomic mass is 35.5. The number of hydrogen-bond acceptors (Lipinski definition) is 2. The highest BCUT2D eigenvalue weighted by Crippen LogP contribution is 2.24. The molecule has 1 unspecified atom stereocenters. The fraction of sp³-hybridized carbons (Fsp3) is 0.154. The van der Waals surface area contributed by atoms with Gasteiger partial charge in [-0.05, 0) is 17.7 Å². The lowest BCUT2D eigenvalue weighted by Gasteiger charge is -2.17. The molecule has 2 nitrogen and oxygen atoms in total. The zero-order valence-corrected chi connectivity index (χ0v) is 10.6. The third kappa shape index (κ3) is 3.11. The lowest BCUT2D eigenvalue weighted by atomic mass is 10.1. The van der Waals surface area contributed by atoms with Crippen molar-refractivity contribution in [2.24, 2.45) is 0 Å². The maximum atomic E-state index is 6.04. The summed E-state index contributed by atoms with van der Waals surface area (Å²) in [5.41, 5.74) is 1.12. The zero-order chi connectivity index (χ0) is 12.1. The highest BCUT2D eigenvalue weighted by molar-refractivity contribution is 6.32. The molecule has 1 atom stereocenters. The number of nitrogens with one attached hydrogen (secondary N) is 1. The van der Waals surface area contributed by atoms with Gasteiger partial charge in [0, 0.05) is 12.1 Å². The minimum absolute atomic E-state index is 0.00488. The quantitative estimate of drug-likeness (QED) is 0.842. The number of anilines is 1. The smallest absolute Gasteiger partial charge is 0.145 e. The van der Waals surface area contributed by atoms with Crippen LogP contribution in [0.1, 0.15) is 11.6 Å². The van der Waals surface area contributed by atoms with Crippen molar-refractivity contribution < 1.29 is 0 Å². The number of aromatic nitrogens is 1. The Balaban J connectivity index is 2.19. The molecule has 1 aromatic heterocycles. The maximum absolute atomic E-state index is 6.04. The Morgan fingerprint density at radius 2 is 1.88 bits per heavy atom. The van der Waals surface area contributed by atoms with Gasteiger partial charge in [0.05, 0.1) is 11.1 Å². The SMILES string of the molecule is ClCC(Nc1ncccc1Cl)c1ccccc1. The zero-order valence-electron chi connectivity index (χ0n) is 9.11. The molecular formula is C13H12Cl2N2. The van der Waals surface area contributed by atoms with E-state index in [-0.39, 0.29) is 6.04 Å². The summed E-state index contributed by atoms with van der Waals surface area (Å²) in [6, 6.07) is 13.6. The summed E-state index contributed by atoms with van der Waals surface area (Å²) in [6.07, 6.45) is 1.70. The van der Waals surface area contributed by atoms with E-state index in [2.05, 4.69) is 10.3 Å². The van der Waals surface area contributed by atoms with Crippen LogP contribution in [0.5, 0.6) is 0 Å². The first-order valence-electron chi connectivity index (χ1n) is 5.29. The minimum atomic E-state index is 0.00488. The van der Waals surface area contributed by atoms with Crippen LogP contribution in [0.25, 0.3) is 0 Å². The summed E-state index contributed by atoms with van der Waals surface area (Å²) in [7, 11) is 0. The van der Waals surface area contributed by atoms with E-state index in [0.717, 1.165) is 5.56 Å². The summed E-state index contributed by atoms with van der Waals surface area (Å²) in [6.45, 7) is 0. The van der Waals surface area contributed by atoms with Crippen LogP contribution in [-0.2, 0) is 0 Å². The minimum Gasteiger partial charge on any atom is -0.361 e. The second-order valence-corrected chi connectivity index (χ2v) is 4.31. The van der Waals surface area contributed by atoms with Gasteiger partial charge < -0.3 is 5.32 Å². The molecule has 0 saturated carbocycles. The van der Waals surface area contributed by atoms with E-state index in [1.54, 1.807) is 18.3 Å². The lowest BCUT2D eigenvalue weighted by Crippen LogP contribution is -2.13. The van der Waals surface area contributed by atoms with E-state index in [9.17, 15) is 0 Å². The molecule has 0 aliphatic heterocycles. The summed E-state index contributed by atoms with van der Waals surface area (Å²) in [5.74, 6) is 1.11. The summed E-state index contributed by atoms with van der Waals surface area (Å²) >= 11 is 12.0. The lowest BCUT2D eigenvalue weighted by molar-refractivity contribution is 0.883. The van der Waals surface area contributed by atoms with Crippen molar-refractivity contribution in [2.45, 2.75) is 6.04 Å². The van der Waals surface area contributed by atoms with Gasteiger partial charge in [0.15, 0.2) is 0 Å². The Morgan fingerprint density at radius 3 is 2.53 bits per heavy atom. The number of benzene rings is 1. The Bertz CT molecular complexity index is 474. The first-order valence-corrected chi connectivity index (χ1v) is 6.20. The normalized spacial score (nSPS) is 12.1. The molecule has 1 heterocycles. The van der Waals surface area contributed by atoms with Gasteiger partial charge in [-0.25, -0.2) is 4.98 Å². The van der Waals surface area contributed by atoms with Crippen LogP contribution >= 0.6 is 23.2 Å². The van der Waals surface area contributed by atoms with Crippen LogP contribution in [0.2, 0.25) is 5.02 Å². The molecule has 0 radical (unpaired) electrons. The molecule has 0 spiro atoms. The van der Waals surface area contributed by atoms with Gasteiger partial charge in [-0.15, -0.1) is 11.6 Å². The molecule has 1 N–H and O–H groups in total. The van der Waals surface area contributed by atoms with Gasteiger partial charge in [-0.3, -0.25) is 0 Å². The average Bonchev–Trinajstić information content (AvgIpc) is 2.39. The van der Waals surface area contributed by atoms with Crippen LogP contribution < -0.4 is 5.32 Å². The molecule has 0 saturated heterocycles. The summed E-state index contributed by atoms with van der Waals surface area (Å²) in [4.78, 5) is 4.19. The summed E-state index contributed by atoms with van der Waals surface area (Å²) in [5, 5.41) is 3.83. The van der Waals surface area contributed by atoms with E-state index in [4.69, 9.17) is 23.2 Å². The molecule has 2 rings (SSSR count). The molecule has 0 aliphatic carbocycles. The Labute approximate surface area is 111 Å². The van der Waals surface area contributed by atoms with E-state index in [1.807, 2.05) is 30.3 Å². The van der Waals surface area contributed by atoms with Crippen molar-refractivity contribution in [3.05, 3.63) is 59.2 Å². The number of nitrogens with zero attached hydrogens (tertiary/aromatic N) is 1. The van der Waals surface area contributed by atoms with Gasteiger partial charge in [0.2, 0.25) is 0 Å². The van der Waals surface area contributed by atoms with Crippen LogP contribution in [0, 0.1) is 0 Å². The number of pyridine rings is 1. The van der Waals surface area contributed by atoms with Gasteiger partial charge in [0.25, 0.3) is 0 Å². The predicted octanol–water partition coefficient (Wildman–Crippen LogP) is 4.13. The monoisotopic (exact) mass is 266 g/mol. The number of alkyl halides is 1. The van der Waals surface area contributed by atoms with Crippen LogP contribution in [0.3, 0.4) is 0 Å². The molecule has 0 fully saturated rings. The molecule has 17 heavy (non-hydrogen) atoms. The molecule has 88 valence electrons. The predicted molar refractivity (Wildman–Crippen MR) is 72.8 cm³/mol. The fourth-order valence-corrected chi connectivity index (χ4v) is 1.98. The molecular weight excluding hydrogens is 255 g/mol.